The van der Waals surface area contributed by atoms with E-state index in [2.05, 4.69) is 17.6 Å². The maximum atomic E-state index is 13.0. The van der Waals surface area contributed by atoms with Gasteiger partial charge in [0.05, 0.1) is 23.4 Å². The van der Waals surface area contributed by atoms with Crippen LogP contribution in [0.2, 0.25) is 0 Å². The van der Waals surface area contributed by atoms with Crippen molar-refractivity contribution in [3.8, 4) is 5.75 Å². The van der Waals surface area contributed by atoms with Crippen molar-refractivity contribution in [1.29, 1.82) is 0 Å². The van der Waals surface area contributed by atoms with Crippen molar-refractivity contribution < 1.29 is 14.3 Å². The van der Waals surface area contributed by atoms with Crippen LogP contribution in [-0.4, -0.2) is 36.6 Å². The van der Waals surface area contributed by atoms with E-state index in [9.17, 15) is 9.59 Å². The molecule has 1 fully saturated rings. The predicted octanol–water partition coefficient (Wildman–Crippen LogP) is 5.47. The fourth-order valence-electron chi connectivity index (χ4n) is 4.14. The summed E-state index contributed by atoms with van der Waals surface area (Å²) in [6, 6.07) is 14.7. The monoisotopic (exact) mass is 481 g/mol. The number of anilines is 1. The molecule has 0 aliphatic heterocycles. The number of unbranched alkanes of at least 4 members (excludes halogenated alkanes) is 2. The minimum absolute atomic E-state index is 0.116. The van der Waals surface area contributed by atoms with Crippen molar-refractivity contribution in [2.45, 2.75) is 64.3 Å². The van der Waals surface area contributed by atoms with Crippen LogP contribution in [0.3, 0.4) is 0 Å². The maximum Gasteiger partial charge on any atom is 0.261 e. The van der Waals surface area contributed by atoms with Gasteiger partial charge < -0.3 is 15.0 Å². The highest BCUT2D eigenvalue weighted by molar-refractivity contribution is 7.80. The Bertz CT molecular complexity index is 989. The molecular formula is C27H35N3O3S. The Morgan fingerprint density at radius 2 is 1.65 bits per heavy atom. The highest BCUT2D eigenvalue weighted by Crippen LogP contribution is 2.23. The molecule has 0 unspecified atom stereocenters. The Kier molecular flexibility index (Phi) is 9.89. The first-order valence-corrected chi connectivity index (χ1v) is 12.6. The van der Waals surface area contributed by atoms with Gasteiger partial charge in [0.1, 0.15) is 5.75 Å². The predicted molar refractivity (Wildman–Crippen MR) is 141 cm³/mol. The third kappa shape index (κ3) is 7.03. The number of nitrogens with one attached hydrogen (secondary N) is 2. The molecule has 2 amide bonds. The van der Waals surface area contributed by atoms with Gasteiger partial charge in [0.25, 0.3) is 11.8 Å². The van der Waals surface area contributed by atoms with E-state index in [1.54, 1.807) is 36.2 Å². The quantitative estimate of drug-likeness (QED) is 0.367. The molecule has 34 heavy (non-hydrogen) atoms. The summed E-state index contributed by atoms with van der Waals surface area (Å²) in [5, 5.41) is 6.16. The molecule has 0 bridgehead atoms. The molecular weight excluding hydrogens is 446 g/mol. The number of ether oxygens (including phenoxy) is 1. The molecule has 182 valence electrons. The van der Waals surface area contributed by atoms with Crippen LogP contribution in [0.1, 0.15) is 79.0 Å². The number of benzene rings is 2. The van der Waals surface area contributed by atoms with Crippen LogP contribution in [0.5, 0.6) is 5.75 Å². The highest BCUT2D eigenvalue weighted by Gasteiger charge is 2.22. The number of hydrogen-bond donors (Lipinski definition) is 2. The van der Waals surface area contributed by atoms with Crippen LogP contribution in [0.4, 0.5) is 5.69 Å². The van der Waals surface area contributed by atoms with Crippen LogP contribution in [-0.2, 0) is 0 Å². The molecule has 6 nitrogen and oxygen atoms in total. The average molecular weight is 482 g/mol. The van der Waals surface area contributed by atoms with Crippen molar-refractivity contribution >= 4 is 34.8 Å². The highest BCUT2D eigenvalue weighted by atomic mass is 32.1. The van der Waals surface area contributed by atoms with Gasteiger partial charge in [-0.05, 0) is 55.7 Å². The molecule has 0 aromatic heterocycles. The molecule has 1 aliphatic rings. The molecule has 0 saturated heterocycles. The second-order valence-electron chi connectivity index (χ2n) is 8.70. The number of thiocarbonyl (C=S) groups is 1. The van der Waals surface area contributed by atoms with Gasteiger partial charge in [0, 0.05) is 13.1 Å². The van der Waals surface area contributed by atoms with E-state index < -0.39 is 0 Å². The van der Waals surface area contributed by atoms with E-state index in [0.717, 1.165) is 44.9 Å². The first kappa shape index (κ1) is 25.7. The fourth-order valence-corrected chi connectivity index (χ4v) is 4.33. The third-order valence-corrected chi connectivity index (χ3v) is 6.49. The zero-order valence-corrected chi connectivity index (χ0v) is 21.0. The normalized spacial score (nSPS) is 13.7. The number of amides is 2. The molecule has 1 saturated carbocycles. The number of nitrogens with zero attached hydrogens (tertiary/aromatic N) is 1. The Morgan fingerprint density at radius 1 is 0.971 bits per heavy atom. The Labute approximate surface area is 208 Å². The molecule has 2 aromatic carbocycles. The molecule has 2 N–H and O–H groups in total. The van der Waals surface area contributed by atoms with Crippen molar-refractivity contribution in [2.24, 2.45) is 0 Å². The lowest BCUT2D eigenvalue weighted by Gasteiger charge is -2.26. The summed E-state index contributed by atoms with van der Waals surface area (Å²) in [5.41, 5.74) is 1.61. The second-order valence-corrected chi connectivity index (χ2v) is 9.08. The SMILES string of the molecule is CCCCCOc1ccccc1C(=O)NC(=S)N(C)c1ccccc1C(=O)NC1CCCCC1. The first-order valence-electron chi connectivity index (χ1n) is 12.2. The maximum absolute atomic E-state index is 13.0. The summed E-state index contributed by atoms with van der Waals surface area (Å²) in [6.45, 7) is 2.70. The zero-order chi connectivity index (χ0) is 24.3. The Balaban J connectivity index is 1.67. The Hall–Kier alpha value is -2.93. The second kappa shape index (κ2) is 13.1. The summed E-state index contributed by atoms with van der Waals surface area (Å²) < 4.78 is 5.84. The molecule has 3 rings (SSSR count). The van der Waals surface area contributed by atoms with Gasteiger partial charge in [-0.2, -0.15) is 0 Å². The van der Waals surface area contributed by atoms with Crippen molar-refractivity contribution in [2.75, 3.05) is 18.6 Å². The van der Waals surface area contributed by atoms with Crippen LogP contribution in [0.25, 0.3) is 0 Å². The largest absolute Gasteiger partial charge is 0.493 e. The zero-order valence-electron chi connectivity index (χ0n) is 20.1. The smallest absolute Gasteiger partial charge is 0.261 e. The molecule has 1 aliphatic carbocycles. The van der Waals surface area contributed by atoms with Crippen LogP contribution in [0.15, 0.2) is 48.5 Å². The van der Waals surface area contributed by atoms with E-state index in [1.807, 2.05) is 24.3 Å². The first-order chi connectivity index (χ1) is 16.5. The van der Waals surface area contributed by atoms with Gasteiger partial charge >= 0.3 is 0 Å². The van der Waals surface area contributed by atoms with Crippen molar-refractivity contribution in [3.05, 3.63) is 59.7 Å². The minimum atomic E-state index is -0.341. The van der Waals surface area contributed by atoms with Crippen molar-refractivity contribution in [1.82, 2.24) is 10.6 Å². The topological polar surface area (TPSA) is 70.7 Å². The summed E-state index contributed by atoms with van der Waals surface area (Å²) in [7, 11) is 1.75. The van der Waals surface area contributed by atoms with Crippen LogP contribution >= 0.6 is 12.2 Å². The molecule has 0 heterocycles. The van der Waals surface area contributed by atoms with Crippen molar-refractivity contribution in [3.63, 3.8) is 0 Å². The van der Waals surface area contributed by atoms with Gasteiger partial charge in [0.2, 0.25) is 0 Å². The number of carbonyl (C=O) groups is 2. The number of rotatable bonds is 9. The number of carbonyl (C=O) groups excluding carboxylic acids is 2. The van der Waals surface area contributed by atoms with E-state index >= 15 is 0 Å². The standard InChI is InChI=1S/C27H35N3O3S/c1-3-4-12-19-33-24-18-11-9-16-22(24)26(32)29-27(34)30(2)23-17-10-8-15-21(23)25(31)28-20-13-6-5-7-14-20/h8-11,15-18,20H,3-7,12-14,19H2,1-2H3,(H,28,31)(H,29,32,34). The fraction of sp³-hybridized carbons (Fsp3) is 0.444. The van der Waals surface area contributed by atoms with Gasteiger partial charge in [-0.3, -0.25) is 14.9 Å². The van der Waals surface area contributed by atoms with Gasteiger partial charge in [-0.25, -0.2) is 0 Å². The lowest BCUT2D eigenvalue weighted by Crippen LogP contribution is -2.42. The lowest BCUT2D eigenvalue weighted by molar-refractivity contribution is 0.0927. The lowest BCUT2D eigenvalue weighted by atomic mass is 9.95. The number of hydrogen-bond acceptors (Lipinski definition) is 4. The average Bonchev–Trinajstić information content (AvgIpc) is 2.87. The molecule has 0 atom stereocenters. The molecule has 7 heteroatoms. The molecule has 0 radical (unpaired) electrons. The molecule has 0 spiro atoms. The van der Waals surface area contributed by atoms with Crippen LogP contribution < -0.4 is 20.3 Å². The van der Waals surface area contributed by atoms with Crippen LogP contribution in [0, 0.1) is 0 Å². The molecule has 2 aromatic rings. The van der Waals surface area contributed by atoms with Gasteiger partial charge in [0.15, 0.2) is 5.11 Å². The van der Waals surface area contributed by atoms with E-state index in [0.29, 0.717) is 29.2 Å². The van der Waals surface area contributed by atoms with E-state index in [4.69, 9.17) is 17.0 Å². The number of para-hydroxylation sites is 2. The summed E-state index contributed by atoms with van der Waals surface area (Å²) in [4.78, 5) is 27.7. The third-order valence-electron chi connectivity index (χ3n) is 6.11. The summed E-state index contributed by atoms with van der Waals surface area (Å²) in [5.74, 6) is 0.0789. The van der Waals surface area contributed by atoms with Gasteiger partial charge in [-0.15, -0.1) is 0 Å². The van der Waals surface area contributed by atoms with Gasteiger partial charge in [-0.1, -0.05) is 63.3 Å². The summed E-state index contributed by atoms with van der Waals surface area (Å²) >= 11 is 5.53. The Morgan fingerprint density at radius 3 is 2.38 bits per heavy atom. The van der Waals surface area contributed by atoms with E-state index in [1.165, 1.54) is 6.42 Å². The van der Waals surface area contributed by atoms with E-state index in [-0.39, 0.29) is 23.0 Å². The minimum Gasteiger partial charge on any atom is -0.493 e. The summed E-state index contributed by atoms with van der Waals surface area (Å²) in [6.07, 6.45) is 8.66.